The lowest BCUT2D eigenvalue weighted by Crippen LogP contribution is -2.43. The van der Waals surface area contributed by atoms with Gasteiger partial charge in [-0.05, 0) is 97.1 Å². The number of fused-ring (bicyclic) bond motifs is 5. The summed E-state index contributed by atoms with van der Waals surface area (Å²) in [4.78, 5) is 22.8. The second-order valence-corrected chi connectivity index (χ2v) is 9.61. The number of aliphatic hydroxyl groups excluding tert-OH is 1. The Balaban J connectivity index is 1.33. The Labute approximate surface area is 181 Å². The van der Waals surface area contributed by atoms with Gasteiger partial charge < -0.3 is 9.84 Å². The topological polar surface area (TPSA) is 89.7 Å². The molecule has 3 aliphatic rings. The largest absolute Gasteiger partial charge is 0.423 e. The van der Waals surface area contributed by atoms with Gasteiger partial charge in [-0.25, -0.2) is 4.79 Å². The standard InChI is InChI=1S/C25H27NO5/c1-25-13-12-20-19-9-7-18(31-24(28)15-2-5-17(6-3-15)26(29)30)14-16(19)4-8-21(20)22(25)10-11-23(25)27/h2-3,5-7,9,14,20-23,27H,4,8,10-13H2,1H3/t20-,21-,22+,23?,25+/m1/s1. The highest BCUT2D eigenvalue weighted by Gasteiger charge is 2.54. The average molecular weight is 421 g/mol. The number of non-ortho nitro benzene ring substituents is 1. The number of aliphatic hydroxyl groups is 1. The third-order valence-corrected chi connectivity index (χ3v) is 8.17. The fourth-order valence-corrected chi connectivity index (χ4v) is 6.48. The van der Waals surface area contributed by atoms with E-state index in [0.717, 1.165) is 38.5 Å². The minimum atomic E-state index is -0.517. The van der Waals surface area contributed by atoms with Gasteiger partial charge in [0.15, 0.2) is 0 Å². The van der Waals surface area contributed by atoms with Crippen LogP contribution in [0.1, 0.15) is 66.4 Å². The van der Waals surface area contributed by atoms with Crippen LogP contribution in [-0.2, 0) is 6.42 Å². The molecule has 0 spiro atoms. The van der Waals surface area contributed by atoms with Crippen LogP contribution in [0.4, 0.5) is 5.69 Å². The number of rotatable bonds is 3. The Morgan fingerprint density at radius 1 is 1.13 bits per heavy atom. The molecule has 0 aliphatic heterocycles. The minimum Gasteiger partial charge on any atom is -0.423 e. The molecule has 3 aliphatic carbocycles. The highest BCUT2D eigenvalue weighted by Crippen LogP contribution is 2.60. The van der Waals surface area contributed by atoms with Crippen LogP contribution in [-0.4, -0.2) is 22.1 Å². The molecule has 5 atom stereocenters. The number of nitro benzene ring substituents is 1. The molecule has 0 bridgehead atoms. The number of hydrogen-bond donors (Lipinski definition) is 1. The molecule has 1 N–H and O–H groups in total. The zero-order valence-corrected chi connectivity index (χ0v) is 17.6. The van der Waals surface area contributed by atoms with Crippen LogP contribution >= 0.6 is 0 Å². The Kier molecular flexibility index (Phi) is 4.85. The van der Waals surface area contributed by atoms with Gasteiger partial charge in [-0.15, -0.1) is 0 Å². The Morgan fingerprint density at radius 2 is 1.90 bits per heavy atom. The average Bonchev–Trinajstić information content (AvgIpc) is 3.08. The van der Waals surface area contributed by atoms with Gasteiger partial charge in [-0.3, -0.25) is 10.1 Å². The quantitative estimate of drug-likeness (QED) is 0.325. The molecule has 0 amide bonds. The molecule has 6 heteroatoms. The number of hydrogen-bond acceptors (Lipinski definition) is 5. The lowest BCUT2D eigenvalue weighted by Gasteiger charge is -2.50. The molecule has 2 aromatic carbocycles. The van der Waals surface area contributed by atoms with Crippen molar-refractivity contribution in [3.05, 3.63) is 69.3 Å². The van der Waals surface area contributed by atoms with E-state index in [0.29, 0.717) is 23.5 Å². The van der Waals surface area contributed by atoms with E-state index in [1.807, 2.05) is 12.1 Å². The number of esters is 1. The number of ether oxygens (including phenoxy) is 1. The molecule has 2 saturated carbocycles. The van der Waals surface area contributed by atoms with Gasteiger partial charge in [-0.1, -0.05) is 13.0 Å². The smallest absolute Gasteiger partial charge is 0.343 e. The molecule has 2 fully saturated rings. The minimum absolute atomic E-state index is 0.0572. The van der Waals surface area contributed by atoms with Gasteiger partial charge in [0.25, 0.3) is 5.69 Å². The highest BCUT2D eigenvalue weighted by atomic mass is 16.6. The van der Waals surface area contributed by atoms with E-state index in [1.165, 1.54) is 35.4 Å². The zero-order valence-electron chi connectivity index (χ0n) is 17.6. The maximum atomic E-state index is 12.5. The summed E-state index contributed by atoms with van der Waals surface area (Å²) in [6, 6.07) is 11.4. The Morgan fingerprint density at radius 3 is 2.65 bits per heavy atom. The monoisotopic (exact) mass is 421 g/mol. The van der Waals surface area contributed by atoms with Crippen molar-refractivity contribution < 1.29 is 19.6 Å². The lowest BCUT2D eigenvalue weighted by molar-refractivity contribution is -0.384. The number of carbonyl (C=O) groups excluding carboxylic acids is 1. The summed E-state index contributed by atoms with van der Waals surface area (Å²) >= 11 is 0. The molecule has 1 unspecified atom stereocenters. The highest BCUT2D eigenvalue weighted by molar-refractivity contribution is 5.91. The predicted molar refractivity (Wildman–Crippen MR) is 115 cm³/mol. The fourth-order valence-electron chi connectivity index (χ4n) is 6.48. The first-order valence-corrected chi connectivity index (χ1v) is 11.1. The van der Waals surface area contributed by atoms with Crippen molar-refractivity contribution in [3.8, 4) is 5.75 Å². The first-order valence-electron chi connectivity index (χ1n) is 11.1. The van der Waals surface area contributed by atoms with Crippen LogP contribution in [0.2, 0.25) is 0 Å². The number of aryl methyl sites for hydroxylation is 1. The van der Waals surface area contributed by atoms with Crippen molar-refractivity contribution in [2.75, 3.05) is 0 Å². The molecule has 162 valence electrons. The molecule has 31 heavy (non-hydrogen) atoms. The van der Waals surface area contributed by atoms with E-state index < -0.39 is 10.9 Å². The van der Waals surface area contributed by atoms with Crippen molar-refractivity contribution >= 4 is 11.7 Å². The first kappa shape index (κ1) is 20.2. The summed E-state index contributed by atoms with van der Waals surface area (Å²) in [5.41, 5.74) is 2.92. The van der Waals surface area contributed by atoms with Crippen molar-refractivity contribution in [2.45, 2.75) is 57.5 Å². The number of nitro groups is 1. The molecule has 0 heterocycles. The lowest BCUT2D eigenvalue weighted by atomic mass is 9.55. The normalized spacial score (nSPS) is 31.3. The van der Waals surface area contributed by atoms with Crippen LogP contribution in [0.15, 0.2) is 42.5 Å². The number of nitrogens with zero attached hydrogens (tertiary/aromatic N) is 1. The van der Waals surface area contributed by atoms with Crippen molar-refractivity contribution in [3.63, 3.8) is 0 Å². The molecular weight excluding hydrogens is 394 g/mol. The molecule has 5 rings (SSSR count). The van der Waals surface area contributed by atoms with Crippen molar-refractivity contribution in [1.29, 1.82) is 0 Å². The van der Waals surface area contributed by atoms with Gasteiger partial charge in [0.1, 0.15) is 5.75 Å². The molecule has 6 nitrogen and oxygen atoms in total. The van der Waals surface area contributed by atoms with Crippen molar-refractivity contribution in [1.82, 2.24) is 0 Å². The van der Waals surface area contributed by atoms with Crippen LogP contribution in [0, 0.1) is 27.4 Å². The molecule has 0 aromatic heterocycles. The van der Waals surface area contributed by atoms with E-state index in [9.17, 15) is 20.0 Å². The molecule has 2 aromatic rings. The summed E-state index contributed by atoms with van der Waals surface area (Å²) in [6.07, 6.45) is 6.13. The summed E-state index contributed by atoms with van der Waals surface area (Å²) in [7, 11) is 0. The third-order valence-electron chi connectivity index (χ3n) is 8.17. The zero-order chi connectivity index (χ0) is 21.8. The Bertz CT molecular complexity index is 1030. The predicted octanol–water partition coefficient (Wildman–Crippen LogP) is 5.03. The van der Waals surface area contributed by atoms with Gasteiger partial charge >= 0.3 is 5.97 Å². The fraction of sp³-hybridized carbons (Fsp3) is 0.480. The third kappa shape index (κ3) is 3.33. The second kappa shape index (κ2) is 7.45. The van der Waals surface area contributed by atoms with Gasteiger partial charge in [-0.2, -0.15) is 0 Å². The molecular formula is C25H27NO5. The van der Waals surface area contributed by atoms with Crippen molar-refractivity contribution in [2.24, 2.45) is 17.3 Å². The maximum absolute atomic E-state index is 12.5. The van der Waals surface area contributed by atoms with Crippen LogP contribution in [0.25, 0.3) is 0 Å². The van der Waals surface area contributed by atoms with Gasteiger partial charge in [0.05, 0.1) is 16.6 Å². The summed E-state index contributed by atoms with van der Waals surface area (Å²) in [5, 5.41) is 21.3. The van der Waals surface area contributed by atoms with E-state index in [1.54, 1.807) is 0 Å². The molecule has 0 saturated heterocycles. The summed E-state index contributed by atoms with van der Waals surface area (Å²) in [6.45, 7) is 2.28. The Hall–Kier alpha value is -2.73. The molecule has 0 radical (unpaired) electrons. The van der Waals surface area contributed by atoms with Crippen LogP contribution < -0.4 is 4.74 Å². The second-order valence-electron chi connectivity index (χ2n) is 9.61. The van der Waals surface area contributed by atoms with E-state index >= 15 is 0 Å². The number of carbonyl (C=O) groups is 1. The first-order chi connectivity index (χ1) is 14.9. The SMILES string of the molecule is C[C@]12CC[C@@H]3c4ccc(OC(=O)c5ccc([N+](=O)[O-])cc5)cc4CC[C@H]3[C@@H]1CCC2O. The van der Waals surface area contributed by atoms with E-state index in [4.69, 9.17) is 4.74 Å². The summed E-state index contributed by atoms with van der Waals surface area (Å²) < 4.78 is 5.56. The van der Waals surface area contributed by atoms with Crippen LogP contribution in [0.5, 0.6) is 5.75 Å². The van der Waals surface area contributed by atoms with Crippen LogP contribution in [0.3, 0.4) is 0 Å². The maximum Gasteiger partial charge on any atom is 0.343 e. The van der Waals surface area contributed by atoms with E-state index in [-0.39, 0.29) is 22.8 Å². The summed E-state index contributed by atoms with van der Waals surface area (Å²) in [5.74, 6) is 1.73. The number of benzene rings is 2. The van der Waals surface area contributed by atoms with Gasteiger partial charge in [0.2, 0.25) is 0 Å². The van der Waals surface area contributed by atoms with E-state index in [2.05, 4.69) is 13.0 Å². The van der Waals surface area contributed by atoms with Gasteiger partial charge in [0, 0.05) is 12.1 Å².